The van der Waals surface area contributed by atoms with E-state index in [9.17, 15) is 0 Å². The molecule has 2 heterocycles. The predicted octanol–water partition coefficient (Wildman–Crippen LogP) is 4.65. The number of halogens is 1. The van der Waals surface area contributed by atoms with Gasteiger partial charge in [-0.2, -0.15) is 0 Å². The van der Waals surface area contributed by atoms with E-state index in [1.807, 2.05) is 30.5 Å². The van der Waals surface area contributed by atoms with E-state index in [0.717, 1.165) is 17.2 Å². The molecule has 1 aromatic heterocycles. The van der Waals surface area contributed by atoms with Gasteiger partial charge in [0, 0.05) is 36.1 Å². The van der Waals surface area contributed by atoms with Gasteiger partial charge in [0.15, 0.2) is 0 Å². The van der Waals surface area contributed by atoms with E-state index in [4.69, 9.17) is 11.6 Å². The lowest BCUT2D eigenvalue weighted by molar-refractivity contribution is 0.258. The SMILES string of the molecule is CN1C=CN(C(c2cccc(Cl)c2)c2ccnc3ccccc23)C1. The van der Waals surface area contributed by atoms with Crippen LogP contribution in [-0.2, 0) is 0 Å². The van der Waals surface area contributed by atoms with Crippen LogP contribution in [0.4, 0.5) is 0 Å². The molecule has 2 aromatic carbocycles. The topological polar surface area (TPSA) is 19.4 Å². The van der Waals surface area contributed by atoms with Gasteiger partial charge in [0.2, 0.25) is 0 Å². The largest absolute Gasteiger partial charge is 0.362 e. The second-order valence-corrected chi connectivity index (χ2v) is 6.52. The number of fused-ring (bicyclic) bond motifs is 1. The summed E-state index contributed by atoms with van der Waals surface area (Å²) in [6, 6.07) is 18.6. The summed E-state index contributed by atoms with van der Waals surface area (Å²) in [6.07, 6.45) is 6.13. The van der Waals surface area contributed by atoms with Gasteiger partial charge >= 0.3 is 0 Å². The zero-order chi connectivity index (χ0) is 16.5. The van der Waals surface area contributed by atoms with Gasteiger partial charge in [-0.25, -0.2) is 0 Å². The van der Waals surface area contributed by atoms with Crippen molar-refractivity contribution in [3.63, 3.8) is 0 Å². The third-order valence-corrected chi connectivity index (χ3v) is 4.61. The van der Waals surface area contributed by atoms with Crippen LogP contribution >= 0.6 is 11.6 Å². The molecule has 1 atom stereocenters. The minimum Gasteiger partial charge on any atom is -0.362 e. The van der Waals surface area contributed by atoms with Crippen LogP contribution in [0.25, 0.3) is 10.9 Å². The van der Waals surface area contributed by atoms with E-state index in [2.05, 4.69) is 64.6 Å². The molecule has 0 saturated heterocycles. The van der Waals surface area contributed by atoms with Crippen molar-refractivity contribution in [1.82, 2.24) is 14.8 Å². The van der Waals surface area contributed by atoms with Crippen molar-refractivity contribution in [1.29, 1.82) is 0 Å². The van der Waals surface area contributed by atoms with E-state index in [1.54, 1.807) is 0 Å². The number of hydrogen-bond acceptors (Lipinski definition) is 3. The lowest BCUT2D eigenvalue weighted by Crippen LogP contribution is -2.28. The maximum atomic E-state index is 6.27. The zero-order valence-corrected chi connectivity index (χ0v) is 14.2. The van der Waals surface area contributed by atoms with Gasteiger partial charge in [-0.3, -0.25) is 4.98 Å². The van der Waals surface area contributed by atoms with Crippen molar-refractivity contribution in [2.24, 2.45) is 0 Å². The molecule has 0 N–H and O–H groups in total. The molecule has 0 fully saturated rings. The Morgan fingerprint density at radius 1 is 1.04 bits per heavy atom. The Balaban J connectivity index is 1.90. The lowest BCUT2D eigenvalue weighted by Gasteiger charge is -2.30. The van der Waals surface area contributed by atoms with Gasteiger partial charge < -0.3 is 9.80 Å². The highest BCUT2D eigenvalue weighted by Gasteiger charge is 2.25. The maximum Gasteiger partial charge on any atom is 0.0899 e. The van der Waals surface area contributed by atoms with E-state index in [1.165, 1.54) is 16.5 Å². The smallest absolute Gasteiger partial charge is 0.0899 e. The van der Waals surface area contributed by atoms with Crippen LogP contribution in [0, 0.1) is 0 Å². The molecule has 0 saturated carbocycles. The molecule has 24 heavy (non-hydrogen) atoms. The minimum absolute atomic E-state index is 0.0952. The third kappa shape index (κ3) is 2.72. The van der Waals surface area contributed by atoms with Crippen LogP contribution in [0.3, 0.4) is 0 Å². The van der Waals surface area contributed by atoms with Crippen molar-refractivity contribution in [3.05, 3.63) is 89.3 Å². The van der Waals surface area contributed by atoms with Crippen LogP contribution in [0.15, 0.2) is 73.2 Å². The first kappa shape index (κ1) is 15.0. The van der Waals surface area contributed by atoms with E-state index >= 15 is 0 Å². The van der Waals surface area contributed by atoms with Crippen LogP contribution in [0.5, 0.6) is 0 Å². The van der Waals surface area contributed by atoms with Gasteiger partial charge in [-0.05, 0) is 35.4 Å². The molecule has 3 aromatic rings. The molecule has 120 valence electrons. The Labute approximate surface area is 146 Å². The fourth-order valence-electron chi connectivity index (χ4n) is 3.30. The van der Waals surface area contributed by atoms with E-state index in [-0.39, 0.29) is 6.04 Å². The van der Waals surface area contributed by atoms with Crippen molar-refractivity contribution in [3.8, 4) is 0 Å². The Hall–Kier alpha value is -2.52. The standard InChI is InChI=1S/C20H18ClN3/c1-23-11-12-24(14-23)20(15-5-4-6-16(21)13-15)18-9-10-22-19-8-3-2-7-17(18)19/h2-13,20H,14H2,1H3. The molecule has 0 aliphatic carbocycles. The Kier molecular flexibility index (Phi) is 3.87. The Morgan fingerprint density at radius 2 is 1.92 bits per heavy atom. The van der Waals surface area contributed by atoms with Crippen LogP contribution < -0.4 is 0 Å². The number of rotatable bonds is 3. The van der Waals surface area contributed by atoms with Crippen LogP contribution in [0.2, 0.25) is 5.02 Å². The molecule has 0 spiro atoms. The van der Waals surface area contributed by atoms with E-state index in [0.29, 0.717) is 0 Å². The molecule has 1 aliphatic rings. The number of nitrogens with zero attached hydrogens (tertiary/aromatic N) is 3. The van der Waals surface area contributed by atoms with Crippen LogP contribution in [0.1, 0.15) is 17.2 Å². The van der Waals surface area contributed by atoms with Crippen molar-refractivity contribution < 1.29 is 0 Å². The van der Waals surface area contributed by atoms with Gasteiger partial charge in [0.25, 0.3) is 0 Å². The number of hydrogen-bond donors (Lipinski definition) is 0. The molecule has 0 radical (unpaired) electrons. The summed E-state index contributed by atoms with van der Waals surface area (Å²) in [7, 11) is 2.08. The summed E-state index contributed by atoms with van der Waals surface area (Å²) in [5, 5.41) is 1.93. The van der Waals surface area contributed by atoms with Gasteiger partial charge in [0.05, 0.1) is 18.2 Å². The summed E-state index contributed by atoms with van der Waals surface area (Å²) in [6.45, 7) is 0.841. The molecule has 1 unspecified atom stereocenters. The molecular formula is C20H18ClN3. The van der Waals surface area contributed by atoms with Gasteiger partial charge in [-0.1, -0.05) is 41.9 Å². The monoisotopic (exact) mass is 335 g/mol. The summed E-state index contributed by atoms with van der Waals surface area (Å²) < 4.78 is 0. The normalized spacial score (nSPS) is 15.2. The zero-order valence-electron chi connectivity index (χ0n) is 13.4. The number of para-hydroxylation sites is 1. The highest BCUT2D eigenvalue weighted by molar-refractivity contribution is 6.30. The fraction of sp³-hybridized carbons (Fsp3) is 0.150. The quantitative estimate of drug-likeness (QED) is 0.694. The molecule has 0 bridgehead atoms. The second kappa shape index (κ2) is 6.17. The summed E-state index contributed by atoms with van der Waals surface area (Å²) in [5.41, 5.74) is 3.43. The first-order valence-corrected chi connectivity index (χ1v) is 8.33. The summed E-state index contributed by atoms with van der Waals surface area (Å²) >= 11 is 6.27. The summed E-state index contributed by atoms with van der Waals surface area (Å²) in [5.74, 6) is 0. The molecule has 4 rings (SSSR count). The first-order valence-electron chi connectivity index (χ1n) is 7.96. The molecule has 4 heteroatoms. The molecule has 3 nitrogen and oxygen atoms in total. The maximum absolute atomic E-state index is 6.27. The van der Waals surface area contributed by atoms with Crippen molar-refractivity contribution in [2.75, 3.05) is 13.7 Å². The highest BCUT2D eigenvalue weighted by atomic mass is 35.5. The predicted molar refractivity (Wildman–Crippen MR) is 98.6 cm³/mol. The average molecular weight is 336 g/mol. The average Bonchev–Trinajstić information content (AvgIpc) is 3.01. The summed E-state index contributed by atoms with van der Waals surface area (Å²) in [4.78, 5) is 9.00. The Bertz CT molecular complexity index is 901. The molecule has 0 amide bonds. The lowest BCUT2D eigenvalue weighted by atomic mass is 9.95. The number of benzene rings is 2. The molecular weight excluding hydrogens is 318 g/mol. The van der Waals surface area contributed by atoms with Crippen molar-refractivity contribution >= 4 is 22.5 Å². The fourth-order valence-corrected chi connectivity index (χ4v) is 3.50. The highest BCUT2D eigenvalue weighted by Crippen LogP contribution is 2.35. The first-order chi connectivity index (χ1) is 11.7. The van der Waals surface area contributed by atoms with Gasteiger partial charge in [0.1, 0.15) is 0 Å². The van der Waals surface area contributed by atoms with E-state index < -0.39 is 0 Å². The van der Waals surface area contributed by atoms with Crippen molar-refractivity contribution in [2.45, 2.75) is 6.04 Å². The number of aromatic nitrogens is 1. The van der Waals surface area contributed by atoms with Gasteiger partial charge in [-0.15, -0.1) is 0 Å². The Morgan fingerprint density at radius 3 is 2.71 bits per heavy atom. The second-order valence-electron chi connectivity index (χ2n) is 6.09. The number of pyridine rings is 1. The van der Waals surface area contributed by atoms with Crippen LogP contribution in [-0.4, -0.2) is 28.5 Å². The minimum atomic E-state index is 0.0952. The third-order valence-electron chi connectivity index (χ3n) is 4.37. The molecule has 1 aliphatic heterocycles.